The van der Waals surface area contributed by atoms with Crippen molar-refractivity contribution in [1.82, 2.24) is 0 Å². The molecule has 0 bridgehead atoms. The number of ether oxygens (including phenoxy) is 3. The van der Waals surface area contributed by atoms with Gasteiger partial charge in [0.25, 0.3) is 0 Å². The summed E-state index contributed by atoms with van der Waals surface area (Å²) in [5, 5.41) is 0. The van der Waals surface area contributed by atoms with Crippen LogP contribution in [0.15, 0.2) is 42.2 Å². The fourth-order valence-electron chi connectivity index (χ4n) is 1.80. The topological polar surface area (TPSA) is 44.8 Å². The molecule has 0 fully saturated rings. The molecule has 0 saturated carbocycles. The highest BCUT2D eigenvalue weighted by molar-refractivity contribution is 5.83. The summed E-state index contributed by atoms with van der Waals surface area (Å²) in [6, 6.07) is 7.64. The van der Waals surface area contributed by atoms with Crippen molar-refractivity contribution < 1.29 is 19.0 Å². The summed E-state index contributed by atoms with van der Waals surface area (Å²) in [7, 11) is 3.18. The van der Waals surface area contributed by atoms with Crippen LogP contribution in [0.25, 0.3) is 6.08 Å². The first-order valence-electron chi connectivity index (χ1n) is 5.98. The van der Waals surface area contributed by atoms with Crippen LogP contribution < -0.4 is 4.74 Å². The van der Waals surface area contributed by atoms with Crippen molar-refractivity contribution in [1.29, 1.82) is 0 Å². The maximum absolute atomic E-state index is 11.3. The van der Waals surface area contributed by atoms with Crippen molar-refractivity contribution in [3.63, 3.8) is 0 Å². The second-order valence-electron chi connectivity index (χ2n) is 4.13. The molecule has 2 rings (SSSR count). The fourth-order valence-corrected chi connectivity index (χ4v) is 1.80. The van der Waals surface area contributed by atoms with Gasteiger partial charge in [-0.2, -0.15) is 0 Å². The Balaban J connectivity index is 2.02. The van der Waals surface area contributed by atoms with E-state index < -0.39 is 0 Å². The number of cyclic esters (lactones) is 1. The van der Waals surface area contributed by atoms with Gasteiger partial charge in [-0.25, -0.2) is 4.79 Å². The second-order valence-corrected chi connectivity index (χ2v) is 4.13. The van der Waals surface area contributed by atoms with Crippen LogP contribution in [0.5, 0.6) is 5.75 Å². The Kier molecular flexibility index (Phi) is 4.23. The summed E-state index contributed by atoms with van der Waals surface area (Å²) in [5.41, 5.74) is 1.02. The number of carbonyl (C=O) groups is 1. The third kappa shape index (κ3) is 3.61. The van der Waals surface area contributed by atoms with E-state index in [9.17, 15) is 4.79 Å². The molecule has 0 saturated heterocycles. The molecular weight excluding hydrogens is 244 g/mol. The SMILES string of the molecule is COC1=CC(=O)OC(/C=C/c2ccc(OC)cc2)C1. The zero-order valence-electron chi connectivity index (χ0n) is 11.0. The minimum atomic E-state index is -0.368. The summed E-state index contributed by atoms with van der Waals surface area (Å²) in [4.78, 5) is 11.3. The van der Waals surface area contributed by atoms with E-state index >= 15 is 0 Å². The third-order valence-corrected chi connectivity index (χ3v) is 2.83. The fraction of sp³-hybridized carbons (Fsp3) is 0.267. The maximum atomic E-state index is 11.3. The minimum Gasteiger partial charge on any atom is -0.501 e. The monoisotopic (exact) mass is 260 g/mol. The molecule has 4 heteroatoms. The van der Waals surface area contributed by atoms with Gasteiger partial charge in [0.05, 0.1) is 20.3 Å². The first-order chi connectivity index (χ1) is 9.21. The Morgan fingerprint density at radius 2 is 1.95 bits per heavy atom. The number of carbonyl (C=O) groups excluding carboxylic acids is 1. The molecule has 0 aliphatic carbocycles. The molecule has 1 aliphatic heterocycles. The van der Waals surface area contributed by atoms with Gasteiger partial charge in [0.1, 0.15) is 17.6 Å². The Bertz CT molecular complexity index is 499. The quantitative estimate of drug-likeness (QED) is 0.780. The van der Waals surface area contributed by atoms with E-state index in [0.29, 0.717) is 12.2 Å². The van der Waals surface area contributed by atoms with Gasteiger partial charge in [-0.05, 0) is 23.8 Å². The van der Waals surface area contributed by atoms with Gasteiger partial charge in [-0.3, -0.25) is 0 Å². The average molecular weight is 260 g/mol. The van der Waals surface area contributed by atoms with E-state index in [1.807, 2.05) is 36.4 Å². The lowest BCUT2D eigenvalue weighted by molar-refractivity contribution is -0.142. The van der Waals surface area contributed by atoms with Crippen LogP contribution in [0.4, 0.5) is 0 Å². The normalized spacial score (nSPS) is 18.9. The van der Waals surface area contributed by atoms with Crippen LogP contribution in [0.2, 0.25) is 0 Å². The van der Waals surface area contributed by atoms with Gasteiger partial charge in [-0.15, -0.1) is 0 Å². The largest absolute Gasteiger partial charge is 0.501 e. The van der Waals surface area contributed by atoms with Gasteiger partial charge >= 0.3 is 5.97 Å². The zero-order chi connectivity index (χ0) is 13.7. The minimum absolute atomic E-state index is 0.283. The van der Waals surface area contributed by atoms with E-state index in [-0.39, 0.29) is 12.1 Å². The van der Waals surface area contributed by atoms with Crippen molar-refractivity contribution in [2.24, 2.45) is 0 Å². The number of benzene rings is 1. The second kappa shape index (κ2) is 6.09. The molecule has 1 atom stereocenters. The predicted octanol–water partition coefficient (Wildman–Crippen LogP) is 2.55. The van der Waals surface area contributed by atoms with Crippen molar-refractivity contribution in [2.45, 2.75) is 12.5 Å². The first kappa shape index (κ1) is 13.2. The molecule has 0 spiro atoms. The molecule has 19 heavy (non-hydrogen) atoms. The van der Waals surface area contributed by atoms with Crippen molar-refractivity contribution in [2.75, 3.05) is 14.2 Å². The van der Waals surface area contributed by atoms with Crippen LogP contribution in [-0.2, 0) is 14.3 Å². The van der Waals surface area contributed by atoms with Gasteiger partial charge < -0.3 is 14.2 Å². The molecule has 1 unspecified atom stereocenters. The Morgan fingerprint density at radius 1 is 1.21 bits per heavy atom. The lowest BCUT2D eigenvalue weighted by atomic mass is 10.1. The molecule has 0 amide bonds. The molecule has 1 heterocycles. The van der Waals surface area contributed by atoms with Crippen molar-refractivity contribution >= 4 is 12.0 Å². The molecule has 0 aromatic heterocycles. The molecule has 1 aromatic rings. The molecule has 1 aromatic carbocycles. The standard InChI is InChI=1S/C15H16O4/c1-17-12-6-3-11(4-7-12)5-8-13-9-14(18-2)10-15(16)19-13/h3-8,10,13H,9H2,1-2H3/b8-5+. The third-order valence-electron chi connectivity index (χ3n) is 2.83. The lowest BCUT2D eigenvalue weighted by Crippen LogP contribution is -2.21. The average Bonchev–Trinajstić information content (AvgIpc) is 2.45. The van der Waals surface area contributed by atoms with Gasteiger partial charge in [0.2, 0.25) is 0 Å². The maximum Gasteiger partial charge on any atom is 0.334 e. The number of methoxy groups -OCH3 is 2. The zero-order valence-corrected chi connectivity index (χ0v) is 11.0. The molecule has 0 radical (unpaired) electrons. The smallest absolute Gasteiger partial charge is 0.334 e. The van der Waals surface area contributed by atoms with Crippen LogP contribution in [-0.4, -0.2) is 26.3 Å². The number of hydrogen-bond donors (Lipinski definition) is 0. The van der Waals surface area contributed by atoms with Crippen LogP contribution >= 0.6 is 0 Å². The highest BCUT2D eigenvalue weighted by Gasteiger charge is 2.19. The highest BCUT2D eigenvalue weighted by atomic mass is 16.5. The number of rotatable bonds is 4. The first-order valence-corrected chi connectivity index (χ1v) is 5.98. The summed E-state index contributed by atoms with van der Waals surface area (Å²) in [6.07, 6.45) is 5.42. The van der Waals surface area contributed by atoms with Gasteiger partial charge in [0.15, 0.2) is 0 Å². The highest BCUT2D eigenvalue weighted by Crippen LogP contribution is 2.18. The van der Waals surface area contributed by atoms with Crippen LogP contribution in [0, 0.1) is 0 Å². The van der Waals surface area contributed by atoms with E-state index in [0.717, 1.165) is 11.3 Å². The van der Waals surface area contributed by atoms with E-state index in [2.05, 4.69) is 0 Å². The van der Waals surface area contributed by atoms with Gasteiger partial charge in [-0.1, -0.05) is 18.2 Å². The predicted molar refractivity (Wildman–Crippen MR) is 71.6 cm³/mol. The lowest BCUT2D eigenvalue weighted by Gasteiger charge is -2.19. The van der Waals surface area contributed by atoms with Crippen LogP contribution in [0.3, 0.4) is 0 Å². The summed E-state index contributed by atoms with van der Waals surface area (Å²) in [5.74, 6) is 1.08. The molecule has 100 valence electrons. The Labute approximate surface area is 112 Å². The van der Waals surface area contributed by atoms with E-state index in [4.69, 9.17) is 14.2 Å². The molecule has 0 N–H and O–H groups in total. The van der Waals surface area contributed by atoms with Crippen molar-refractivity contribution in [3.05, 3.63) is 47.7 Å². The van der Waals surface area contributed by atoms with E-state index in [1.54, 1.807) is 14.2 Å². The molecule has 1 aliphatic rings. The van der Waals surface area contributed by atoms with Crippen LogP contribution in [0.1, 0.15) is 12.0 Å². The molecular formula is C15H16O4. The van der Waals surface area contributed by atoms with Gasteiger partial charge in [0, 0.05) is 6.42 Å². The summed E-state index contributed by atoms with van der Waals surface area (Å²) >= 11 is 0. The van der Waals surface area contributed by atoms with E-state index in [1.165, 1.54) is 6.08 Å². The number of hydrogen-bond acceptors (Lipinski definition) is 4. The summed E-state index contributed by atoms with van der Waals surface area (Å²) in [6.45, 7) is 0. The Morgan fingerprint density at radius 3 is 2.58 bits per heavy atom. The summed E-state index contributed by atoms with van der Waals surface area (Å²) < 4.78 is 15.4. The molecule has 4 nitrogen and oxygen atoms in total. The number of esters is 1. The van der Waals surface area contributed by atoms with Crippen molar-refractivity contribution in [3.8, 4) is 5.75 Å². The Hall–Kier alpha value is -2.23.